The fraction of sp³-hybridized carbons (Fsp3) is 0.431. The minimum atomic E-state index is -0.424. The van der Waals surface area contributed by atoms with E-state index in [1.54, 1.807) is 48.4 Å². The third-order valence-corrected chi connectivity index (χ3v) is 13.2. The van der Waals surface area contributed by atoms with Gasteiger partial charge in [-0.05, 0) is 104 Å². The molecule has 7 rings (SSSR count). The molecular weight excluding hydrogens is 851 g/mol. The van der Waals surface area contributed by atoms with Crippen LogP contribution in [-0.4, -0.2) is 142 Å². The van der Waals surface area contributed by atoms with Crippen LogP contribution in [-0.2, 0) is 25.5 Å². The SMILES string of the molecule is CCC1=C(C)c2cc3nc(cc4[nH]c(c5c6[nH]c(cc1n2)c(C)c6C(=O)N(CCc1ccncc1)C5=O)[C@@H](CCC(=O)N(C)CCN)[C@@H]4C)C(C)=C3/C=C/C(=O)N(C)CCOCCOCCO. The number of aliphatic hydroxyl groups is 1. The molecule has 0 saturated heterocycles. The van der Waals surface area contributed by atoms with E-state index in [9.17, 15) is 14.4 Å². The van der Waals surface area contributed by atoms with Crippen molar-refractivity contribution in [2.75, 3.05) is 73.3 Å². The van der Waals surface area contributed by atoms with Crippen LogP contribution < -0.4 is 5.73 Å². The first-order chi connectivity index (χ1) is 32.3. The van der Waals surface area contributed by atoms with Crippen molar-refractivity contribution < 1.29 is 33.8 Å². The number of fused-ring (bicyclic) bond motifs is 8. The van der Waals surface area contributed by atoms with Gasteiger partial charge in [-0.25, -0.2) is 9.97 Å². The molecule has 8 bridgehead atoms. The Balaban J connectivity index is 1.40. The van der Waals surface area contributed by atoms with Crippen molar-refractivity contribution in [3.8, 4) is 0 Å². The van der Waals surface area contributed by atoms with E-state index in [2.05, 4.69) is 28.8 Å². The molecule has 3 aromatic rings. The summed E-state index contributed by atoms with van der Waals surface area (Å²) in [5.41, 5.74) is 17.2. The quantitative estimate of drug-likeness (QED) is 0.0625. The minimum Gasteiger partial charge on any atom is -0.394 e. The number of carbonyl (C=O) groups excluding carboxylic acids is 4. The first-order valence-corrected chi connectivity index (χ1v) is 23.1. The van der Waals surface area contributed by atoms with Crippen molar-refractivity contribution in [1.29, 1.82) is 0 Å². The van der Waals surface area contributed by atoms with Crippen molar-refractivity contribution in [3.05, 3.63) is 111 Å². The summed E-state index contributed by atoms with van der Waals surface area (Å²) in [6, 6.07) is 9.67. The van der Waals surface area contributed by atoms with Gasteiger partial charge in [0, 0.05) is 99.5 Å². The Morgan fingerprint density at radius 1 is 0.881 bits per heavy atom. The molecule has 0 aromatic carbocycles. The van der Waals surface area contributed by atoms with Gasteiger partial charge in [0.05, 0.1) is 72.5 Å². The molecule has 4 amide bonds. The van der Waals surface area contributed by atoms with Crippen LogP contribution in [0.15, 0.2) is 54.9 Å². The highest BCUT2D eigenvalue weighted by Gasteiger charge is 2.40. The fourth-order valence-electron chi connectivity index (χ4n) is 9.14. The lowest BCUT2D eigenvalue weighted by Crippen LogP contribution is -2.42. The molecule has 16 nitrogen and oxygen atoms in total. The summed E-state index contributed by atoms with van der Waals surface area (Å²) in [5.74, 6) is -1.59. The predicted octanol–water partition coefficient (Wildman–Crippen LogP) is 5.98. The monoisotopic (exact) mass is 913 g/mol. The van der Waals surface area contributed by atoms with Crippen LogP contribution in [0.5, 0.6) is 0 Å². The zero-order valence-electron chi connectivity index (χ0n) is 39.7. The van der Waals surface area contributed by atoms with Gasteiger partial charge in [0.2, 0.25) is 11.8 Å². The molecule has 0 saturated carbocycles. The van der Waals surface area contributed by atoms with Gasteiger partial charge in [-0.15, -0.1) is 0 Å². The number of aromatic nitrogens is 5. The number of hydrogen-bond acceptors (Lipinski definition) is 11. The highest BCUT2D eigenvalue weighted by molar-refractivity contribution is 6.23. The molecule has 2 atom stereocenters. The molecule has 67 heavy (non-hydrogen) atoms. The molecule has 5 N–H and O–H groups in total. The normalized spacial score (nSPS) is 16.4. The molecule has 0 aliphatic carbocycles. The van der Waals surface area contributed by atoms with E-state index in [1.165, 1.54) is 4.90 Å². The number of nitrogens with zero attached hydrogens (tertiary/aromatic N) is 6. The molecule has 4 aliphatic heterocycles. The van der Waals surface area contributed by atoms with Gasteiger partial charge in [-0.1, -0.05) is 13.8 Å². The molecule has 7 heterocycles. The van der Waals surface area contributed by atoms with Crippen LogP contribution in [0.25, 0.3) is 33.3 Å². The topological polar surface area (TPSA) is 213 Å². The summed E-state index contributed by atoms with van der Waals surface area (Å²) < 4.78 is 10.9. The number of allylic oxidation sites excluding steroid dienone is 5. The number of pyridine rings is 1. The summed E-state index contributed by atoms with van der Waals surface area (Å²) in [6.07, 6.45) is 8.49. The lowest BCUT2D eigenvalue weighted by atomic mass is 9.84. The van der Waals surface area contributed by atoms with E-state index in [1.807, 2.05) is 51.1 Å². The van der Waals surface area contributed by atoms with Crippen molar-refractivity contribution in [2.45, 2.75) is 72.1 Å². The third kappa shape index (κ3) is 10.3. The lowest BCUT2D eigenvalue weighted by molar-refractivity contribution is -0.130. The molecule has 0 fully saturated rings. The van der Waals surface area contributed by atoms with Gasteiger partial charge in [-0.2, -0.15) is 0 Å². The molecular formula is C51H63N9O7. The van der Waals surface area contributed by atoms with Crippen LogP contribution in [0.3, 0.4) is 0 Å². The van der Waals surface area contributed by atoms with Gasteiger partial charge in [-0.3, -0.25) is 29.1 Å². The Morgan fingerprint density at radius 2 is 1.58 bits per heavy atom. The summed E-state index contributed by atoms with van der Waals surface area (Å²) >= 11 is 0. The zero-order chi connectivity index (χ0) is 47.9. The number of carbonyl (C=O) groups is 4. The maximum absolute atomic E-state index is 15.1. The number of likely N-dealkylation sites (N-methyl/N-ethyl adjacent to an activating group) is 2. The number of imide groups is 1. The number of aliphatic hydroxyl groups excluding tert-OH is 1. The van der Waals surface area contributed by atoms with E-state index in [-0.39, 0.29) is 55.7 Å². The molecule has 16 heteroatoms. The van der Waals surface area contributed by atoms with Crippen molar-refractivity contribution >= 4 is 57.0 Å². The molecule has 0 radical (unpaired) electrons. The first kappa shape index (κ1) is 48.6. The van der Waals surface area contributed by atoms with E-state index in [4.69, 9.17) is 30.3 Å². The number of nitrogens with two attached hydrogens (primary N) is 1. The van der Waals surface area contributed by atoms with Gasteiger partial charge >= 0.3 is 0 Å². The van der Waals surface area contributed by atoms with Crippen LogP contribution in [0, 0.1) is 6.92 Å². The van der Waals surface area contributed by atoms with Gasteiger partial charge in [0.15, 0.2) is 0 Å². The summed E-state index contributed by atoms with van der Waals surface area (Å²) in [5, 5.41) is 8.91. The Kier molecular flexibility index (Phi) is 15.6. The number of ether oxygens (including phenoxy) is 2. The van der Waals surface area contributed by atoms with Crippen molar-refractivity contribution in [1.82, 2.24) is 39.6 Å². The number of amides is 4. The second-order valence-electron chi connectivity index (χ2n) is 17.4. The van der Waals surface area contributed by atoms with Crippen molar-refractivity contribution in [2.24, 2.45) is 5.73 Å². The standard InChI is InChI=1S/C51H63N9O7/c1-8-35-30(2)39-28-43-36(9-11-45(63)59(7)21-23-66-25-26-67-24-22-61)31(3)38(55-43)27-40-32(4)37(10-12-44(62)58(6)20-16-52)48(56-40)47-49-46(33(5)41(57-49)29-42(35)54-39)50(64)60(51(47)65)19-15-34-13-17-53-18-14-34/h9,11,13-14,17-18,27-29,32,37,56-57,61H,8,10,12,15-16,19-26,52H2,1-7H3/b11-9+,40-27?,42-29?,43-28?,48-47?/t32-,37-/m0/s1. The first-order valence-electron chi connectivity index (χ1n) is 23.1. The molecule has 3 aromatic heterocycles. The summed E-state index contributed by atoms with van der Waals surface area (Å²) in [7, 11) is 3.46. The number of H-pyrrole nitrogens is 2. The largest absolute Gasteiger partial charge is 0.394 e. The number of aromatic amines is 2. The Labute approximate surface area is 391 Å². The average Bonchev–Trinajstić information content (AvgIpc) is 4.00. The summed E-state index contributed by atoms with van der Waals surface area (Å²) in [4.78, 5) is 82.9. The highest BCUT2D eigenvalue weighted by atomic mass is 16.5. The molecule has 4 aliphatic rings. The predicted molar refractivity (Wildman–Crippen MR) is 258 cm³/mol. The molecule has 0 spiro atoms. The second-order valence-corrected chi connectivity index (χ2v) is 17.4. The summed E-state index contributed by atoms with van der Waals surface area (Å²) in [6.45, 7) is 12.6. The fourth-order valence-corrected chi connectivity index (χ4v) is 9.14. The van der Waals surface area contributed by atoms with Gasteiger partial charge in [0.25, 0.3) is 11.8 Å². The maximum Gasteiger partial charge on any atom is 0.264 e. The minimum absolute atomic E-state index is 0.0505. The molecule has 354 valence electrons. The van der Waals surface area contributed by atoms with E-state index in [0.717, 1.165) is 44.9 Å². The maximum atomic E-state index is 15.1. The van der Waals surface area contributed by atoms with Crippen molar-refractivity contribution in [3.63, 3.8) is 0 Å². The van der Waals surface area contributed by atoms with Crippen LogP contribution >= 0.6 is 0 Å². The van der Waals surface area contributed by atoms with Crippen LogP contribution in [0.4, 0.5) is 0 Å². The number of aryl methyl sites for hydroxylation is 1. The smallest absolute Gasteiger partial charge is 0.264 e. The van der Waals surface area contributed by atoms with E-state index in [0.29, 0.717) is 104 Å². The Bertz CT molecular complexity index is 2700. The third-order valence-electron chi connectivity index (χ3n) is 13.2. The van der Waals surface area contributed by atoms with Gasteiger partial charge in [0.1, 0.15) is 0 Å². The highest BCUT2D eigenvalue weighted by Crippen LogP contribution is 2.45. The number of nitrogens with one attached hydrogen (secondary N) is 2. The Hall–Kier alpha value is -6.33. The lowest BCUT2D eigenvalue weighted by Gasteiger charge is -2.27. The average molecular weight is 914 g/mol. The Morgan fingerprint density at radius 3 is 2.30 bits per heavy atom. The second kappa shape index (κ2) is 21.5. The van der Waals surface area contributed by atoms with Crippen LogP contribution in [0.1, 0.15) is 125 Å². The number of rotatable bonds is 19. The van der Waals surface area contributed by atoms with E-state index < -0.39 is 5.91 Å². The van der Waals surface area contributed by atoms with Crippen LogP contribution in [0.2, 0.25) is 0 Å². The number of hydrogen-bond donors (Lipinski definition) is 4. The van der Waals surface area contributed by atoms with Gasteiger partial charge < -0.3 is 40.1 Å². The molecule has 0 unspecified atom stereocenters. The zero-order valence-corrected chi connectivity index (χ0v) is 39.7. The van der Waals surface area contributed by atoms with E-state index >= 15 is 4.79 Å².